The van der Waals surface area contributed by atoms with Crippen molar-refractivity contribution < 1.29 is 9.21 Å². The normalized spacial score (nSPS) is 22.8. The van der Waals surface area contributed by atoms with Gasteiger partial charge in [-0.2, -0.15) is 0 Å². The lowest BCUT2D eigenvalue weighted by Crippen LogP contribution is -2.39. The van der Waals surface area contributed by atoms with E-state index in [9.17, 15) is 4.79 Å². The summed E-state index contributed by atoms with van der Waals surface area (Å²) in [6.07, 6.45) is 0.842. The Balaban J connectivity index is 1.75. The maximum absolute atomic E-state index is 11.9. The maximum Gasteiger partial charge on any atom is 0.227 e. The van der Waals surface area contributed by atoms with Gasteiger partial charge in [-0.3, -0.25) is 9.69 Å². The number of nitrogens with zero attached hydrogens (tertiary/aromatic N) is 2. The van der Waals surface area contributed by atoms with E-state index in [-0.39, 0.29) is 11.3 Å². The fourth-order valence-corrected chi connectivity index (χ4v) is 2.95. The second kappa shape index (κ2) is 5.04. The first kappa shape index (κ1) is 13.9. The number of oxazole rings is 1. The number of nitrogens with two attached hydrogens (primary N) is 1. The molecular weight excluding hydrogens is 268 g/mol. The molecule has 0 aliphatic carbocycles. The Hall–Kier alpha value is -2.08. The minimum Gasteiger partial charge on any atom is -0.439 e. The fraction of sp³-hybridized carbons (Fsp3) is 0.467. The predicted molar refractivity (Wildman–Crippen MR) is 80.5 cm³/mol. The number of para-hydroxylation sites is 1. The molecule has 1 unspecified atom stereocenters. The summed E-state index contributed by atoms with van der Waals surface area (Å²) >= 11 is 0. The molecule has 3 N–H and O–H groups in total. The third-order valence-electron chi connectivity index (χ3n) is 4.18. The highest BCUT2D eigenvalue weighted by atomic mass is 16.3. The first-order valence-electron chi connectivity index (χ1n) is 7.10. The minimum atomic E-state index is -0.334. The smallest absolute Gasteiger partial charge is 0.227 e. The van der Waals surface area contributed by atoms with Crippen molar-refractivity contribution in [2.75, 3.05) is 25.9 Å². The van der Waals surface area contributed by atoms with Crippen LogP contribution in [0, 0.1) is 5.41 Å². The number of likely N-dealkylation sites (tertiary alicyclic amines) is 1. The Morgan fingerprint density at radius 3 is 3.10 bits per heavy atom. The molecule has 1 amide bonds. The van der Waals surface area contributed by atoms with Crippen LogP contribution in [0.1, 0.15) is 19.2 Å². The number of hydrogen-bond donors (Lipinski definition) is 2. The van der Waals surface area contributed by atoms with E-state index < -0.39 is 0 Å². The molecule has 0 saturated carbocycles. The standard InChI is InChI=1S/C15H20N4O2/c1-15(14(20)17-2)6-7-19(9-15)8-12-18-13-10(16)4-3-5-11(13)21-12/h3-5H,6-9,16H2,1-2H3,(H,17,20). The average Bonchev–Trinajstić information content (AvgIpc) is 3.04. The summed E-state index contributed by atoms with van der Waals surface area (Å²) in [5.41, 5.74) is 7.60. The number of aromatic nitrogens is 1. The van der Waals surface area contributed by atoms with E-state index in [2.05, 4.69) is 15.2 Å². The van der Waals surface area contributed by atoms with E-state index in [1.54, 1.807) is 7.05 Å². The molecule has 0 bridgehead atoms. The molecule has 21 heavy (non-hydrogen) atoms. The van der Waals surface area contributed by atoms with Crippen molar-refractivity contribution in [1.29, 1.82) is 0 Å². The van der Waals surface area contributed by atoms with Gasteiger partial charge in [0, 0.05) is 13.6 Å². The van der Waals surface area contributed by atoms with Gasteiger partial charge in [0.05, 0.1) is 17.6 Å². The zero-order valence-corrected chi connectivity index (χ0v) is 12.3. The molecule has 3 rings (SSSR count). The summed E-state index contributed by atoms with van der Waals surface area (Å²) < 4.78 is 5.73. The molecule has 1 fully saturated rings. The van der Waals surface area contributed by atoms with Gasteiger partial charge < -0.3 is 15.5 Å². The van der Waals surface area contributed by atoms with Crippen molar-refractivity contribution in [3.05, 3.63) is 24.1 Å². The Morgan fingerprint density at radius 2 is 2.38 bits per heavy atom. The lowest BCUT2D eigenvalue weighted by Gasteiger charge is -2.22. The zero-order chi connectivity index (χ0) is 15.0. The lowest BCUT2D eigenvalue weighted by molar-refractivity contribution is -0.129. The first-order chi connectivity index (χ1) is 10.0. The van der Waals surface area contributed by atoms with Gasteiger partial charge in [0.1, 0.15) is 5.52 Å². The molecule has 6 heteroatoms. The quantitative estimate of drug-likeness (QED) is 0.833. The molecular formula is C15H20N4O2. The van der Waals surface area contributed by atoms with Crippen molar-refractivity contribution in [3.8, 4) is 0 Å². The van der Waals surface area contributed by atoms with Crippen LogP contribution in [0.4, 0.5) is 5.69 Å². The van der Waals surface area contributed by atoms with Gasteiger partial charge in [-0.15, -0.1) is 0 Å². The van der Waals surface area contributed by atoms with Crippen LogP contribution in [0.5, 0.6) is 0 Å². The highest BCUT2D eigenvalue weighted by Crippen LogP contribution is 2.31. The number of anilines is 1. The third kappa shape index (κ3) is 2.47. The van der Waals surface area contributed by atoms with Gasteiger partial charge in [-0.1, -0.05) is 6.07 Å². The van der Waals surface area contributed by atoms with Gasteiger partial charge >= 0.3 is 0 Å². The number of rotatable bonds is 3. The van der Waals surface area contributed by atoms with Crippen molar-refractivity contribution >= 4 is 22.7 Å². The Morgan fingerprint density at radius 1 is 1.57 bits per heavy atom. The molecule has 1 saturated heterocycles. The summed E-state index contributed by atoms with van der Waals surface area (Å²) in [5, 5.41) is 2.74. The van der Waals surface area contributed by atoms with Crippen LogP contribution < -0.4 is 11.1 Å². The molecule has 112 valence electrons. The van der Waals surface area contributed by atoms with Crippen LogP contribution >= 0.6 is 0 Å². The second-order valence-electron chi connectivity index (χ2n) is 5.90. The Kier molecular flexibility index (Phi) is 3.33. The fourth-order valence-electron chi connectivity index (χ4n) is 2.95. The highest BCUT2D eigenvalue weighted by Gasteiger charge is 2.40. The van der Waals surface area contributed by atoms with Gasteiger partial charge in [0.15, 0.2) is 5.58 Å². The molecule has 1 aliphatic rings. The lowest BCUT2D eigenvalue weighted by atomic mass is 9.89. The molecule has 0 spiro atoms. The van der Waals surface area contributed by atoms with Crippen LogP contribution in [0.3, 0.4) is 0 Å². The number of carbonyl (C=O) groups is 1. The molecule has 2 heterocycles. The van der Waals surface area contributed by atoms with E-state index >= 15 is 0 Å². The monoisotopic (exact) mass is 288 g/mol. The van der Waals surface area contributed by atoms with Gasteiger partial charge in [-0.25, -0.2) is 4.98 Å². The molecule has 6 nitrogen and oxygen atoms in total. The predicted octanol–water partition coefficient (Wildman–Crippen LogP) is 1.37. The van der Waals surface area contributed by atoms with Crippen LogP contribution in [0.25, 0.3) is 11.1 Å². The topological polar surface area (TPSA) is 84.4 Å². The summed E-state index contributed by atoms with van der Waals surface area (Å²) in [7, 11) is 1.68. The van der Waals surface area contributed by atoms with E-state index in [0.29, 0.717) is 35.8 Å². The molecule has 1 aliphatic heterocycles. The van der Waals surface area contributed by atoms with E-state index in [4.69, 9.17) is 10.2 Å². The first-order valence-corrected chi connectivity index (χ1v) is 7.10. The van der Waals surface area contributed by atoms with Crippen LogP contribution in [-0.4, -0.2) is 35.9 Å². The van der Waals surface area contributed by atoms with Gasteiger partial charge in [0.25, 0.3) is 0 Å². The second-order valence-corrected chi connectivity index (χ2v) is 5.90. The largest absolute Gasteiger partial charge is 0.439 e. The highest BCUT2D eigenvalue weighted by molar-refractivity contribution is 5.85. The van der Waals surface area contributed by atoms with Crippen molar-refractivity contribution in [1.82, 2.24) is 15.2 Å². The molecule has 1 aromatic carbocycles. The number of nitrogens with one attached hydrogen (secondary N) is 1. The zero-order valence-electron chi connectivity index (χ0n) is 12.3. The van der Waals surface area contributed by atoms with E-state index in [1.807, 2.05) is 25.1 Å². The Labute approximate surface area is 123 Å². The summed E-state index contributed by atoms with van der Waals surface area (Å²) in [6.45, 7) is 4.16. The van der Waals surface area contributed by atoms with E-state index in [1.165, 1.54) is 0 Å². The van der Waals surface area contributed by atoms with Gasteiger partial charge in [-0.05, 0) is 32.0 Å². The number of benzene rings is 1. The van der Waals surface area contributed by atoms with Crippen molar-refractivity contribution in [2.24, 2.45) is 5.41 Å². The summed E-state index contributed by atoms with van der Waals surface area (Å²) in [5.74, 6) is 0.732. The number of nitrogen functional groups attached to an aromatic ring is 1. The number of amides is 1. The number of hydrogen-bond acceptors (Lipinski definition) is 5. The Bertz CT molecular complexity index is 681. The maximum atomic E-state index is 11.9. The summed E-state index contributed by atoms with van der Waals surface area (Å²) in [6, 6.07) is 5.53. The van der Waals surface area contributed by atoms with Crippen LogP contribution in [0.15, 0.2) is 22.6 Å². The molecule has 2 aromatic rings. The third-order valence-corrected chi connectivity index (χ3v) is 4.18. The van der Waals surface area contributed by atoms with Crippen LogP contribution in [0.2, 0.25) is 0 Å². The van der Waals surface area contributed by atoms with Gasteiger partial charge in [0.2, 0.25) is 11.8 Å². The number of carbonyl (C=O) groups excluding carboxylic acids is 1. The minimum absolute atomic E-state index is 0.0896. The molecule has 0 radical (unpaired) electrons. The van der Waals surface area contributed by atoms with Crippen molar-refractivity contribution in [3.63, 3.8) is 0 Å². The molecule has 1 aromatic heterocycles. The number of fused-ring (bicyclic) bond motifs is 1. The summed E-state index contributed by atoms with van der Waals surface area (Å²) in [4.78, 5) is 18.6. The van der Waals surface area contributed by atoms with Crippen LogP contribution in [-0.2, 0) is 11.3 Å². The van der Waals surface area contributed by atoms with Crippen molar-refractivity contribution in [2.45, 2.75) is 19.9 Å². The molecule has 1 atom stereocenters. The van der Waals surface area contributed by atoms with E-state index in [0.717, 1.165) is 13.0 Å². The average molecular weight is 288 g/mol. The SMILES string of the molecule is CNC(=O)C1(C)CCN(Cc2nc3c(N)cccc3o2)C1.